The Kier molecular flexibility index (Phi) is 4.36. The van der Waals surface area contributed by atoms with Crippen LogP contribution in [0.5, 0.6) is 0 Å². The summed E-state index contributed by atoms with van der Waals surface area (Å²) in [7, 11) is 1.15. The maximum atomic E-state index is 11.8. The number of alkyl halides is 3. The van der Waals surface area contributed by atoms with Crippen molar-refractivity contribution in [3.8, 4) is 0 Å². The van der Waals surface area contributed by atoms with Crippen LogP contribution in [-0.2, 0) is 0 Å². The summed E-state index contributed by atoms with van der Waals surface area (Å²) in [5.41, 5.74) is 0. The Balaban J connectivity index is 3.15. The van der Waals surface area contributed by atoms with Gasteiger partial charge >= 0.3 is 6.18 Å². The monoisotopic (exact) mass is 174 g/mol. The van der Waals surface area contributed by atoms with E-state index < -0.39 is 12.7 Å². The van der Waals surface area contributed by atoms with Crippen LogP contribution in [0.1, 0.15) is 0 Å². The molecule has 68 valence electrons. The molecule has 0 heterocycles. The van der Waals surface area contributed by atoms with E-state index in [-0.39, 0.29) is 13.1 Å². The van der Waals surface area contributed by atoms with Crippen molar-refractivity contribution >= 4 is 0 Å². The van der Waals surface area contributed by atoms with Crippen molar-refractivity contribution in [1.82, 2.24) is 10.4 Å². The van der Waals surface area contributed by atoms with Crippen LogP contribution in [0.25, 0.3) is 0 Å². The summed E-state index contributed by atoms with van der Waals surface area (Å²) in [6.07, 6.45) is -4.21. The van der Waals surface area contributed by atoms with Gasteiger partial charge in [0.25, 0.3) is 0 Å². The van der Waals surface area contributed by atoms with Gasteiger partial charge in [-0.25, -0.2) is 0 Å². The quantitative estimate of drug-likeness (QED) is 0.388. The molecule has 2 nitrogen and oxygen atoms in total. The van der Waals surface area contributed by atoms with E-state index in [4.69, 9.17) is 0 Å². The fourth-order valence-corrected chi connectivity index (χ4v) is 0.463. The second-order valence-electron chi connectivity index (χ2n) is 2.12. The van der Waals surface area contributed by atoms with Crippen molar-refractivity contribution < 1.29 is 17.7 Å². The molecule has 0 unspecified atom stereocenters. The molecule has 0 rings (SSSR count). The molecule has 6 heteroatoms. The van der Waals surface area contributed by atoms with E-state index in [0.29, 0.717) is 5.12 Å². The predicted molar refractivity (Wildman–Crippen MR) is 32.7 cm³/mol. The summed E-state index contributed by atoms with van der Waals surface area (Å²) in [5, 5.41) is 2.37. The molecule has 11 heavy (non-hydrogen) atoms. The lowest BCUT2D eigenvalue weighted by molar-refractivity contribution is -0.125. The molecular formula is C5H10F4N2. The molecule has 0 aliphatic rings. The van der Waals surface area contributed by atoms with Crippen molar-refractivity contribution in [3.05, 3.63) is 0 Å². The van der Waals surface area contributed by atoms with Gasteiger partial charge in [-0.15, -0.1) is 9.60 Å². The Bertz CT molecular complexity index is 101. The van der Waals surface area contributed by atoms with Crippen molar-refractivity contribution in [1.29, 1.82) is 0 Å². The van der Waals surface area contributed by atoms with Gasteiger partial charge in [-0.2, -0.15) is 13.2 Å². The molecule has 0 aromatic carbocycles. The Labute approximate surface area is 62.1 Å². The standard InChI is InChI=1S/C5H10F4N2/c1-11(9)3-2-10-4-5(6,7)8/h10H,2-4H2,1H3. The largest absolute Gasteiger partial charge is 0.401 e. The highest BCUT2D eigenvalue weighted by Gasteiger charge is 2.25. The molecule has 0 aliphatic carbocycles. The smallest absolute Gasteiger partial charge is 0.307 e. The number of rotatable bonds is 4. The summed E-state index contributed by atoms with van der Waals surface area (Å²) in [6, 6.07) is 0. The van der Waals surface area contributed by atoms with Crippen molar-refractivity contribution in [2.24, 2.45) is 0 Å². The lowest BCUT2D eigenvalue weighted by Crippen LogP contribution is -2.33. The highest BCUT2D eigenvalue weighted by molar-refractivity contribution is 4.55. The normalized spacial score (nSPS) is 12.5. The number of nitrogens with zero attached hydrogens (tertiary/aromatic N) is 1. The summed E-state index contributed by atoms with van der Waals surface area (Å²) in [6.45, 7) is -1.12. The molecule has 0 fully saturated rings. The van der Waals surface area contributed by atoms with E-state index in [0.717, 1.165) is 7.05 Å². The third-order valence-electron chi connectivity index (χ3n) is 0.922. The van der Waals surface area contributed by atoms with Crippen LogP contribution in [0.4, 0.5) is 17.7 Å². The maximum absolute atomic E-state index is 11.8. The van der Waals surface area contributed by atoms with Gasteiger partial charge < -0.3 is 5.32 Å². The zero-order valence-corrected chi connectivity index (χ0v) is 6.08. The lowest BCUT2D eigenvalue weighted by Gasteiger charge is -2.08. The predicted octanol–water partition coefficient (Wildman–Crippen LogP) is 0.955. The fraction of sp³-hybridized carbons (Fsp3) is 1.00. The molecule has 0 saturated carbocycles. The van der Waals surface area contributed by atoms with Gasteiger partial charge in [0.2, 0.25) is 0 Å². The lowest BCUT2D eigenvalue weighted by atomic mass is 10.5. The van der Waals surface area contributed by atoms with Crippen LogP contribution in [0.3, 0.4) is 0 Å². The first-order valence-corrected chi connectivity index (χ1v) is 3.06. The van der Waals surface area contributed by atoms with Crippen LogP contribution < -0.4 is 5.32 Å². The first-order chi connectivity index (χ1) is 4.92. The van der Waals surface area contributed by atoms with Crippen LogP contribution in [-0.4, -0.2) is 38.0 Å². The molecule has 0 amide bonds. The molecule has 0 radical (unpaired) electrons. The van der Waals surface area contributed by atoms with Crippen LogP contribution in [0, 0.1) is 0 Å². The Hall–Kier alpha value is -0.360. The van der Waals surface area contributed by atoms with Gasteiger partial charge in [-0.1, -0.05) is 0 Å². The highest BCUT2D eigenvalue weighted by atomic mass is 19.4. The van der Waals surface area contributed by atoms with Gasteiger partial charge in [-0.3, -0.25) is 0 Å². The molecule has 0 aromatic heterocycles. The second kappa shape index (κ2) is 4.50. The topological polar surface area (TPSA) is 15.3 Å². The minimum atomic E-state index is -4.21. The number of halogens is 4. The third kappa shape index (κ3) is 9.64. The third-order valence-corrected chi connectivity index (χ3v) is 0.922. The fourth-order valence-electron chi connectivity index (χ4n) is 0.463. The molecule has 0 saturated heterocycles. The number of likely N-dealkylation sites (N-methyl/N-ethyl adjacent to an activating group) is 1. The second-order valence-corrected chi connectivity index (χ2v) is 2.12. The minimum absolute atomic E-state index is 0.00743. The minimum Gasteiger partial charge on any atom is -0.307 e. The first-order valence-electron chi connectivity index (χ1n) is 3.06. The zero-order chi connectivity index (χ0) is 8.91. The molecule has 0 atom stereocenters. The number of hydrogen-bond donors (Lipinski definition) is 1. The van der Waals surface area contributed by atoms with E-state index >= 15 is 0 Å². The van der Waals surface area contributed by atoms with Crippen LogP contribution in [0.15, 0.2) is 0 Å². The Morgan fingerprint density at radius 3 is 2.27 bits per heavy atom. The van der Waals surface area contributed by atoms with Gasteiger partial charge in [0.1, 0.15) is 0 Å². The summed E-state index contributed by atoms with van der Waals surface area (Å²) >= 11 is 0. The molecule has 0 spiro atoms. The summed E-state index contributed by atoms with van der Waals surface area (Å²) in [4.78, 5) is 0. The van der Waals surface area contributed by atoms with Crippen LogP contribution >= 0.6 is 0 Å². The zero-order valence-electron chi connectivity index (χ0n) is 6.08. The average Bonchev–Trinajstić information content (AvgIpc) is 1.78. The van der Waals surface area contributed by atoms with E-state index in [1.807, 2.05) is 0 Å². The van der Waals surface area contributed by atoms with E-state index in [1.165, 1.54) is 0 Å². The molecule has 1 N–H and O–H groups in total. The molecule has 0 aromatic rings. The van der Waals surface area contributed by atoms with Crippen molar-refractivity contribution in [2.75, 3.05) is 26.7 Å². The van der Waals surface area contributed by atoms with Crippen molar-refractivity contribution in [2.45, 2.75) is 6.18 Å². The first kappa shape index (κ1) is 10.6. The summed E-state index contributed by atoms with van der Waals surface area (Å²) < 4.78 is 46.1. The van der Waals surface area contributed by atoms with Gasteiger partial charge in [0.05, 0.1) is 6.54 Å². The van der Waals surface area contributed by atoms with E-state index in [9.17, 15) is 17.7 Å². The average molecular weight is 174 g/mol. The Morgan fingerprint density at radius 2 is 1.91 bits per heavy atom. The molecule has 0 aliphatic heterocycles. The SMILES string of the molecule is CN(F)CCNCC(F)(F)F. The highest BCUT2D eigenvalue weighted by Crippen LogP contribution is 2.11. The van der Waals surface area contributed by atoms with Gasteiger partial charge in [0.15, 0.2) is 0 Å². The maximum Gasteiger partial charge on any atom is 0.401 e. The molecule has 0 bridgehead atoms. The van der Waals surface area contributed by atoms with Crippen molar-refractivity contribution in [3.63, 3.8) is 0 Å². The number of nitrogens with one attached hydrogen (secondary N) is 1. The van der Waals surface area contributed by atoms with E-state index in [1.54, 1.807) is 0 Å². The number of hydrogen-bond acceptors (Lipinski definition) is 2. The Morgan fingerprint density at radius 1 is 1.36 bits per heavy atom. The summed E-state index contributed by atoms with van der Waals surface area (Å²) in [5.74, 6) is 0. The van der Waals surface area contributed by atoms with E-state index in [2.05, 4.69) is 5.32 Å². The van der Waals surface area contributed by atoms with Gasteiger partial charge in [0, 0.05) is 20.1 Å². The van der Waals surface area contributed by atoms with Gasteiger partial charge in [-0.05, 0) is 0 Å². The van der Waals surface area contributed by atoms with Crippen LogP contribution in [0.2, 0.25) is 0 Å². The molecular weight excluding hydrogens is 164 g/mol.